The van der Waals surface area contributed by atoms with Crippen LogP contribution in [0.5, 0.6) is 0 Å². The second kappa shape index (κ2) is 11.9. The van der Waals surface area contributed by atoms with E-state index in [1.54, 1.807) is 14.1 Å². The van der Waals surface area contributed by atoms with E-state index < -0.39 is 0 Å². The summed E-state index contributed by atoms with van der Waals surface area (Å²) in [7, 11) is 3.36. The predicted octanol–water partition coefficient (Wildman–Crippen LogP) is -4.17. The summed E-state index contributed by atoms with van der Waals surface area (Å²) in [5, 5.41) is 0. The molecule has 19 heavy (non-hydrogen) atoms. The molecule has 0 atom stereocenters. The summed E-state index contributed by atoms with van der Waals surface area (Å²) in [6.07, 6.45) is 0. The Balaban J connectivity index is -0.000000233. The molecule has 0 radical (unpaired) electrons. The summed E-state index contributed by atoms with van der Waals surface area (Å²) in [4.78, 5) is 21.1. The van der Waals surface area contributed by atoms with Gasteiger partial charge >= 0.3 is 37.7 Å². The number of hydrogen-bond donors (Lipinski definition) is 0. The van der Waals surface area contributed by atoms with Crippen molar-refractivity contribution in [1.82, 2.24) is 7.91 Å². The molecule has 0 saturated carbocycles. The molecule has 0 N–H and O–H groups in total. The van der Waals surface area contributed by atoms with Gasteiger partial charge in [-0.3, -0.25) is 17.5 Å². The molecule has 2 aromatic heterocycles. The Morgan fingerprint density at radius 2 is 1.16 bits per heavy atom. The fourth-order valence-corrected chi connectivity index (χ4v) is 2.70. The van der Waals surface area contributed by atoms with E-state index in [4.69, 9.17) is 23.2 Å². The van der Waals surface area contributed by atoms with Gasteiger partial charge in [0.25, 0.3) is 11.1 Å². The van der Waals surface area contributed by atoms with E-state index in [2.05, 4.69) is 0 Å². The molecule has 0 amide bonds. The van der Waals surface area contributed by atoms with Gasteiger partial charge in [0.05, 0.1) is 0 Å². The zero-order chi connectivity index (χ0) is 12.3. The first-order chi connectivity index (χ1) is 7.40. The van der Waals surface area contributed by atoms with Gasteiger partial charge < -0.3 is 24.8 Å². The minimum atomic E-state index is -0.0417. The topological polar surface area (TPSA) is 44.0 Å². The number of aryl methyl sites for hydroxylation is 2. The average Bonchev–Trinajstić information content (AvgIpc) is 2.58. The van der Waals surface area contributed by atoms with E-state index in [0.29, 0.717) is 8.67 Å². The molecule has 0 aliphatic rings. The Kier molecular flexibility index (Phi) is 15.8. The monoisotopic (exact) mass is 408 g/mol. The normalized spacial score (nSPS) is 8.21. The third-order valence-electron chi connectivity index (χ3n) is 1.54. The van der Waals surface area contributed by atoms with Crippen molar-refractivity contribution < 1.29 is 24.8 Å². The smallest absolute Gasteiger partial charge is 1.00 e. The number of hydrogen-bond acceptors (Lipinski definition) is 4. The van der Waals surface area contributed by atoms with Crippen LogP contribution in [0.3, 0.4) is 0 Å². The minimum Gasteiger partial charge on any atom is -1.00 e. The van der Waals surface area contributed by atoms with Crippen LogP contribution in [0.25, 0.3) is 0 Å². The molecule has 0 aliphatic heterocycles. The number of rotatable bonds is 0. The molecule has 0 spiro atoms. The fourth-order valence-electron chi connectivity index (χ4n) is 0.780. The van der Waals surface area contributed by atoms with Crippen LogP contribution in [0.1, 0.15) is 0 Å². The van der Waals surface area contributed by atoms with E-state index in [0.717, 1.165) is 0 Å². The van der Waals surface area contributed by atoms with Crippen molar-refractivity contribution in [2.75, 3.05) is 0 Å². The SMILES string of the molecule is Cn1sc(Cl)cc1=O.Cn1sc(Cl)cc1=O.[Ca+2].[Cl-].[Cl-]. The third-order valence-corrected chi connectivity index (χ3v) is 3.67. The van der Waals surface area contributed by atoms with Crippen LogP contribution < -0.4 is 35.9 Å². The largest absolute Gasteiger partial charge is 2.00 e. The van der Waals surface area contributed by atoms with Gasteiger partial charge in [0, 0.05) is 26.2 Å². The van der Waals surface area contributed by atoms with Gasteiger partial charge in [0.2, 0.25) is 0 Å². The molecule has 0 saturated heterocycles. The first-order valence-corrected chi connectivity index (χ1v) is 6.36. The number of nitrogens with zero attached hydrogens (tertiary/aromatic N) is 2. The van der Waals surface area contributed by atoms with Crippen molar-refractivity contribution in [3.8, 4) is 0 Å². The van der Waals surface area contributed by atoms with Crippen LogP contribution in [-0.2, 0) is 14.1 Å². The van der Waals surface area contributed by atoms with Crippen molar-refractivity contribution in [1.29, 1.82) is 0 Å². The van der Waals surface area contributed by atoms with Gasteiger partial charge in [-0.15, -0.1) is 0 Å². The van der Waals surface area contributed by atoms with Crippen molar-refractivity contribution in [2.45, 2.75) is 0 Å². The van der Waals surface area contributed by atoms with E-state index in [1.165, 1.54) is 43.1 Å². The fraction of sp³-hybridized carbons (Fsp3) is 0.250. The molecule has 0 unspecified atom stereocenters. The van der Waals surface area contributed by atoms with Crippen LogP contribution in [0.2, 0.25) is 8.67 Å². The maximum atomic E-state index is 10.5. The molecular formula is C8H8CaCl4N2O2S2. The van der Waals surface area contributed by atoms with Crippen LogP contribution in [-0.4, -0.2) is 45.7 Å². The van der Waals surface area contributed by atoms with Gasteiger partial charge in [0.15, 0.2) is 0 Å². The zero-order valence-electron chi connectivity index (χ0n) is 9.90. The Hall–Kier alpha value is 1.28. The van der Waals surface area contributed by atoms with Crippen molar-refractivity contribution in [2.24, 2.45) is 14.1 Å². The van der Waals surface area contributed by atoms with Crippen LogP contribution in [0.15, 0.2) is 21.7 Å². The molecule has 11 heteroatoms. The predicted molar refractivity (Wildman–Crippen MR) is 74.9 cm³/mol. The van der Waals surface area contributed by atoms with Gasteiger partial charge in [-0.05, 0) is 23.1 Å². The van der Waals surface area contributed by atoms with E-state index in [9.17, 15) is 9.59 Å². The van der Waals surface area contributed by atoms with E-state index >= 15 is 0 Å². The summed E-state index contributed by atoms with van der Waals surface area (Å²) in [6.45, 7) is 0. The molecule has 0 aliphatic carbocycles. The maximum Gasteiger partial charge on any atom is 2.00 e. The Morgan fingerprint density at radius 3 is 1.21 bits per heavy atom. The Labute approximate surface area is 170 Å². The summed E-state index contributed by atoms with van der Waals surface area (Å²) in [5.41, 5.74) is -0.0833. The first kappa shape index (κ1) is 25.2. The molecule has 104 valence electrons. The summed E-state index contributed by atoms with van der Waals surface area (Å²) >= 11 is 13.4. The van der Waals surface area contributed by atoms with Crippen molar-refractivity contribution in [3.63, 3.8) is 0 Å². The number of halogens is 4. The summed E-state index contributed by atoms with van der Waals surface area (Å²) < 4.78 is 4.03. The van der Waals surface area contributed by atoms with Gasteiger partial charge in [-0.1, -0.05) is 23.2 Å². The Bertz CT molecular complexity index is 540. The minimum absolute atomic E-state index is 0. The zero-order valence-corrected chi connectivity index (χ0v) is 16.8. The van der Waals surface area contributed by atoms with Crippen LogP contribution >= 0.6 is 46.3 Å². The summed E-state index contributed by atoms with van der Waals surface area (Å²) in [5.74, 6) is 0. The third kappa shape index (κ3) is 9.01. The average molecular weight is 410 g/mol. The van der Waals surface area contributed by atoms with E-state index in [-0.39, 0.29) is 73.7 Å². The molecule has 2 aromatic rings. The number of aromatic nitrogens is 2. The molecule has 0 aromatic carbocycles. The van der Waals surface area contributed by atoms with Crippen molar-refractivity contribution in [3.05, 3.63) is 41.5 Å². The molecule has 4 nitrogen and oxygen atoms in total. The van der Waals surface area contributed by atoms with Crippen LogP contribution in [0.4, 0.5) is 0 Å². The van der Waals surface area contributed by atoms with Crippen LogP contribution in [0, 0.1) is 0 Å². The van der Waals surface area contributed by atoms with Gasteiger partial charge in [0.1, 0.15) is 8.67 Å². The van der Waals surface area contributed by atoms with Crippen molar-refractivity contribution >= 4 is 84.0 Å². The van der Waals surface area contributed by atoms with Gasteiger partial charge in [-0.2, -0.15) is 0 Å². The first-order valence-electron chi connectivity index (χ1n) is 4.06. The molecule has 0 bridgehead atoms. The molecule has 0 fully saturated rings. The standard InChI is InChI=1S/2C4H4ClNOS.Ca.2ClH/c2*1-6-4(7)2-3(5)8-6;;;/h2*2H,1H3;;2*1H/q;;+2;;/p-2. The molecule has 2 heterocycles. The summed E-state index contributed by atoms with van der Waals surface area (Å²) in [6, 6.07) is 2.79. The second-order valence-electron chi connectivity index (χ2n) is 2.75. The quantitative estimate of drug-likeness (QED) is 0.414. The Morgan fingerprint density at radius 1 is 0.895 bits per heavy atom. The second-order valence-corrected chi connectivity index (χ2v) is 6.35. The molecule has 2 rings (SSSR count). The van der Waals surface area contributed by atoms with Gasteiger partial charge in [-0.25, -0.2) is 0 Å². The maximum absolute atomic E-state index is 10.5. The van der Waals surface area contributed by atoms with E-state index in [1.807, 2.05) is 0 Å². The molecular weight excluding hydrogens is 402 g/mol.